The maximum Gasteiger partial charge on any atom is 0.311 e. The van der Waals surface area contributed by atoms with Gasteiger partial charge in [-0.1, -0.05) is 0 Å². The Morgan fingerprint density at radius 3 is 2.61 bits per heavy atom. The van der Waals surface area contributed by atoms with Crippen molar-refractivity contribution in [2.75, 3.05) is 12.9 Å². The van der Waals surface area contributed by atoms with Gasteiger partial charge < -0.3 is 4.74 Å². The van der Waals surface area contributed by atoms with Gasteiger partial charge in [-0.15, -0.1) is 0 Å². The van der Waals surface area contributed by atoms with E-state index in [1.807, 2.05) is 44.6 Å². The predicted molar refractivity (Wildman–Crippen MR) is 106 cm³/mol. The zero-order valence-electron chi connectivity index (χ0n) is 16.8. The number of carbonyl (C=O) groups excluding carboxylic acids is 1. The van der Waals surface area contributed by atoms with Gasteiger partial charge in [-0.25, -0.2) is 9.97 Å². The van der Waals surface area contributed by atoms with E-state index in [0.29, 0.717) is 30.1 Å². The average molecular weight is 404 g/mol. The number of carbonyl (C=O) groups is 1. The van der Waals surface area contributed by atoms with E-state index >= 15 is 0 Å². The Bertz CT molecular complexity index is 1030. The van der Waals surface area contributed by atoms with E-state index in [-0.39, 0.29) is 5.97 Å². The molecule has 0 aliphatic heterocycles. The van der Waals surface area contributed by atoms with Crippen molar-refractivity contribution in [3.8, 4) is 11.3 Å². The highest BCUT2D eigenvalue weighted by molar-refractivity contribution is 7.84. The van der Waals surface area contributed by atoms with Crippen LogP contribution in [0.1, 0.15) is 32.9 Å². The summed E-state index contributed by atoms with van der Waals surface area (Å²) in [4.78, 5) is 20.8. The van der Waals surface area contributed by atoms with Crippen molar-refractivity contribution in [2.24, 2.45) is 12.5 Å². The van der Waals surface area contributed by atoms with Crippen molar-refractivity contribution in [1.82, 2.24) is 24.1 Å². The summed E-state index contributed by atoms with van der Waals surface area (Å²) in [6, 6.07) is 0. The second kappa shape index (κ2) is 7.83. The summed E-state index contributed by atoms with van der Waals surface area (Å²) in [6.07, 6.45) is 10.1. The molecular weight excluding hydrogens is 378 g/mol. The molecule has 0 spiro atoms. The standard InChI is InChI=1S/C19H25N5O3S/c1-19(2,3)18(25)27-8-6-7-14-12-24-15(13-9-21-23(4)11-13)10-20-16(24)17(22-14)28(5)26/h9-12H,6-8H2,1-5H3. The number of ether oxygens (including phenoxy) is 1. The number of aryl methyl sites for hydroxylation is 2. The lowest BCUT2D eigenvalue weighted by molar-refractivity contribution is -0.153. The fraction of sp³-hybridized carbons (Fsp3) is 0.474. The summed E-state index contributed by atoms with van der Waals surface area (Å²) in [5.74, 6) is -0.222. The summed E-state index contributed by atoms with van der Waals surface area (Å²) >= 11 is 0. The SMILES string of the molecule is Cn1cc(-c2cnc3c(S(C)=O)nc(CCCOC(=O)C(C)(C)C)cn23)cn1. The molecule has 0 aromatic carbocycles. The monoisotopic (exact) mass is 403 g/mol. The molecule has 0 aliphatic rings. The van der Waals surface area contributed by atoms with Crippen LogP contribution in [-0.4, -0.2) is 47.2 Å². The Kier molecular flexibility index (Phi) is 5.64. The van der Waals surface area contributed by atoms with Crippen LogP contribution in [0.4, 0.5) is 0 Å². The van der Waals surface area contributed by atoms with Gasteiger partial charge in [0.2, 0.25) is 0 Å². The largest absolute Gasteiger partial charge is 0.465 e. The van der Waals surface area contributed by atoms with Crippen LogP contribution in [0.5, 0.6) is 0 Å². The molecule has 0 saturated carbocycles. The molecule has 0 amide bonds. The summed E-state index contributed by atoms with van der Waals surface area (Å²) in [5.41, 5.74) is 2.60. The topological polar surface area (TPSA) is 91.4 Å². The number of aromatic nitrogens is 5. The molecule has 0 N–H and O–H groups in total. The van der Waals surface area contributed by atoms with Gasteiger partial charge in [0.25, 0.3) is 0 Å². The number of fused-ring (bicyclic) bond motifs is 1. The fourth-order valence-corrected chi connectivity index (χ4v) is 3.38. The van der Waals surface area contributed by atoms with Gasteiger partial charge in [-0.3, -0.25) is 18.1 Å². The number of rotatable bonds is 6. The molecule has 1 unspecified atom stereocenters. The van der Waals surface area contributed by atoms with Crippen LogP contribution in [0.2, 0.25) is 0 Å². The first-order valence-corrected chi connectivity index (χ1v) is 10.6. The second-order valence-electron chi connectivity index (χ2n) is 7.72. The molecule has 3 heterocycles. The smallest absolute Gasteiger partial charge is 0.311 e. The molecule has 0 fully saturated rings. The van der Waals surface area contributed by atoms with Crippen LogP contribution < -0.4 is 0 Å². The van der Waals surface area contributed by atoms with E-state index in [2.05, 4.69) is 15.1 Å². The summed E-state index contributed by atoms with van der Waals surface area (Å²) in [6.45, 7) is 5.80. The minimum Gasteiger partial charge on any atom is -0.465 e. The lowest BCUT2D eigenvalue weighted by Crippen LogP contribution is -2.23. The molecule has 0 radical (unpaired) electrons. The number of esters is 1. The zero-order chi connectivity index (χ0) is 20.5. The van der Waals surface area contributed by atoms with E-state index in [0.717, 1.165) is 17.0 Å². The third kappa shape index (κ3) is 4.30. The van der Waals surface area contributed by atoms with Crippen LogP contribution in [0, 0.1) is 5.41 Å². The average Bonchev–Trinajstić information content (AvgIpc) is 3.22. The predicted octanol–water partition coefficient (Wildman–Crippen LogP) is 2.39. The van der Waals surface area contributed by atoms with Gasteiger partial charge in [-0.2, -0.15) is 5.10 Å². The van der Waals surface area contributed by atoms with E-state index in [1.165, 1.54) is 0 Å². The molecule has 9 heteroatoms. The first-order chi connectivity index (χ1) is 13.2. The molecule has 3 aromatic rings. The van der Waals surface area contributed by atoms with Crippen molar-refractivity contribution >= 4 is 22.4 Å². The van der Waals surface area contributed by atoms with E-state index < -0.39 is 16.2 Å². The maximum absolute atomic E-state index is 12.2. The van der Waals surface area contributed by atoms with Crippen LogP contribution in [0.25, 0.3) is 16.9 Å². The van der Waals surface area contributed by atoms with Gasteiger partial charge in [0.1, 0.15) is 0 Å². The van der Waals surface area contributed by atoms with Crippen molar-refractivity contribution < 1.29 is 13.7 Å². The number of imidazole rings is 1. The van der Waals surface area contributed by atoms with Crippen LogP contribution in [-0.2, 0) is 33.8 Å². The molecule has 3 aromatic heterocycles. The quantitative estimate of drug-likeness (QED) is 0.464. The highest BCUT2D eigenvalue weighted by Gasteiger charge is 2.22. The van der Waals surface area contributed by atoms with E-state index in [9.17, 15) is 9.00 Å². The zero-order valence-corrected chi connectivity index (χ0v) is 17.6. The molecule has 3 rings (SSSR count). The van der Waals surface area contributed by atoms with Gasteiger partial charge in [0.05, 0.1) is 46.6 Å². The van der Waals surface area contributed by atoms with Gasteiger partial charge >= 0.3 is 5.97 Å². The van der Waals surface area contributed by atoms with Crippen molar-refractivity contribution in [3.63, 3.8) is 0 Å². The van der Waals surface area contributed by atoms with Crippen LogP contribution in [0.15, 0.2) is 29.8 Å². The molecule has 0 saturated heterocycles. The summed E-state index contributed by atoms with van der Waals surface area (Å²) < 4.78 is 21.1. The second-order valence-corrected chi connectivity index (χ2v) is 9.02. The summed E-state index contributed by atoms with van der Waals surface area (Å²) in [5, 5.41) is 4.65. The Morgan fingerprint density at radius 2 is 2.00 bits per heavy atom. The minimum atomic E-state index is -1.28. The highest BCUT2D eigenvalue weighted by Crippen LogP contribution is 2.23. The molecular formula is C19H25N5O3S. The number of hydrogen-bond donors (Lipinski definition) is 0. The van der Waals surface area contributed by atoms with Crippen molar-refractivity contribution in [1.29, 1.82) is 0 Å². The van der Waals surface area contributed by atoms with Gasteiger partial charge in [0, 0.05) is 31.3 Å². The Hall–Kier alpha value is -2.55. The number of nitrogens with zero attached hydrogens (tertiary/aromatic N) is 5. The lowest BCUT2D eigenvalue weighted by atomic mass is 9.97. The molecule has 0 aliphatic carbocycles. The minimum absolute atomic E-state index is 0.222. The molecule has 0 bridgehead atoms. The highest BCUT2D eigenvalue weighted by atomic mass is 32.2. The first kappa shape index (κ1) is 20.2. The fourth-order valence-electron chi connectivity index (χ4n) is 2.72. The normalized spacial score (nSPS) is 13.0. The Labute approximate surface area is 166 Å². The van der Waals surface area contributed by atoms with Crippen molar-refractivity contribution in [2.45, 2.75) is 38.6 Å². The van der Waals surface area contributed by atoms with E-state index in [4.69, 9.17) is 4.74 Å². The Morgan fingerprint density at radius 1 is 1.25 bits per heavy atom. The van der Waals surface area contributed by atoms with Gasteiger partial charge in [0.15, 0.2) is 10.7 Å². The lowest BCUT2D eigenvalue weighted by Gasteiger charge is -2.16. The number of hydrogen-bond acceptors (Lipinski definition) is 6. The molecule has 1 atom stereocenters. The van der Waals surface area contributed by atoms with Crippen molar-refractivity contribution in [3.05, 3.63) is 30.5 Å². The van der Waals surface area contributed by atoms with Crippen LogP contribution >= 0.6 is 0 Å². The molecule has 28 heavy (non-hydrogen) atoms. The molecule has 8 nitrogen and oxygen atoms in total. The Balaban J connectivity index is 1.84. The van der Waals surface area contributed by atoms with Gasteiger partial charge in [-0.05, 0) is 33.6 Å². The third-order valence-corrected chi connectivity index (χ3v) is 5.03. The first-order valence-electron chi connectivity index (χ1n) is 9.03. The maximum atomic E-state index is 12.2. The van der Waals surface area contributed by atoms with Crippen LogP contribution in [0.3, 0.4) is 0 Å². The third-order valence-electron chi connectivity index (χ3n) is 4.21. The van der Waals surface area contributed by atoms with E-state index in [1.54, 1.807) is 23.3 Å². The summed E-state index contributed by atoms with van der Waals surface area (Å²) in [7, 11) is 0.574. The molecule has 150 valence electrons.